The summed E-state index contributed by atoms with van der Waals surface area (Å²) in [4.78, 5) is 26.5. The molecule has 0 fully saturated rings. The Balaban J connectivity index is 2.47. The van der Waals surface area contributed by atoms with Gasteiger partial charge in [-0.15, -0.1) is 0 Å². The third-order valence-electron chi connectivity index (χ3n) is 2.64. The SMILES string of the molecule is CCC[C@H](NC(=O)NCc1ccnc(OC)c1)C(=O)O. The second kappa shape index (κ2) is 7.98. The van der Waals surface area contributed by atoms with Gasteiger partial charge >= 0.3 is 12.0 Å². The lowest BCUT2D eigenvalue weighted by atomic mass is 10.2. The van der Waals surface area contributed by atoms with Gasteiger partial charge in [0, 0.05) is 18.8 Å². The Labute approximate surface area is 117 Å². The molecular weight excluding hydrogens is 262 g/mol. The van der Waals surface area contributed by atoms with Crippen molar-refractivity contribution in [2.75, 3.05) is 7.11 Å². The van der Waals surface area contributed by atoms with E-state index in [-0.39, 0.29) is 6.54 Å². The maximum atomic E-state index is 11.6. The molecule has 0 spiro atoms. The van der Waals surface area contributed by atoms with Gasteiger partial charge in [-0.25, -0.2) is 14.6 Å². The molecule has 0 bridgehead atoms. The van der Waals surface area contributed by atoms with Crippen LogP contribution < -0.4 is 15.4 Å². The summed E-state index contributed by atoms with van der Waals surface area (Å²) in [6, 6.07) is 2.05. The lowest BCUT2D eigenvalue weighted by molar-refractivity contribution is -0.139. The molecule has 7 nitrogen and oxygen atoms in total. The number of hydrogen-bond donors (Lipinski definition) is 3. The predicted octanol–water partition coefficient (Wildman–Crippen LogP) is 1.14. The number of aliphatic carboxylic acids is 1. The molecular formula is C13H19N3O4. The summed E-state index contributed by atoms with van der Waals surface area (Å²) in [7, 11) is 1.51. The normalized spacial score (nSPS) is 11.5. The van der Waals surface area contributed by atoms with E-state index in [1.807, 2.05) is 6.92 Å². The van der Waals surface area contributed by atoms with Gasteiger partial charge in [-0.3, -0.25) is 0 Å². The molecule has 1 atom stereocenters. The van der Waals surface area contributed by atoms with Crippen LogP contribution in [0.25, 0.3) is 0 Å². The highest BCUT2D eigenvalue weighted by Crippen LogP contribution is 2.07. The van der Waals surface area contributed by atoms with Gasteiger partial charge in [-0.1, -0.05) is 13.3 Å². The lowest BCUT2D eigenvalue weighted by Crippen LogP contribution is -2.45. The van der Waals surface area contributed by atoms with Crippen LogP contribution >= 0.6 is 0 Å². The fourth-order valence-corrected chi connectivity index (χ4v) is 1.61. The van der Waals surface area contributed by atoms with Gasteiger partial charge in [-0.05, 0) is 18.1 Å². The first-order valence-corrected chi connectivity index (χ1v) is 6.33. The van der Waals surface area contributed by atoms with E-state index in [4.69, 9.17) is 9.84 Å². The number of nitrogens with zero attached hydrogens (tertiary/aromatic N) is 1. The second-order valence-corrected chi connectivity index (χ2v) is 4.21. The van der Waals surface area contributed by atoms with Crippen LogP contribution in [0.3, 0.4) is 0 Å². The molecule has 3 N–H and O–H groups in total. The van der Waals surface area contributed by atoms with Gasteiger partial charge < -0.3 is 20.5 Å². The fourth-order valence-electron chi connectivity index (χ4n) is 1.61. The summed E-state index contributed by atoms with van der Waals surface area (Å²) in [6.07, 6.45) is 2.65. The smallest absolute Gasteiger partial charge is 0.326 e. The summed E-state index contributed by atoms with van der Waals surface area (Å²) in [6.45, 7) is 2.13. The quantitative estimate of drug-likeness (QED) is 0.696. The number of nitrogens with one attached hydrogen (secondary N) is 2. The lowest BCUT2D eigenvalue weighted by Gasteiger charge is -2.14. The van der Waals surface area contributed by atoms with Crippen molar-refractivity contribution < 1.29 is 19.4 Å². The molecule has 0 aliphatic rings. The number of methoxy groups -OCH3 is 1. The molecule has 1 aromatic heterocycles. The molecule has 1 aromatic rings. The average Bonchev–Trinajstić information content (AvgIpc) is 2.44. The molecule has 0 saturated carbocycles. The third-order valence-corrected chi connectivity index (χ3v) is 2.64. The van der Waals surface area contributed by atoms with Crippen LogP contribution in [-0.2, 0) is 11.3 Å². The number of urea groups is 1. The van der Waals surface area contributed by atoms with E-state index < -0.39 is 18.0 Å². The molecule has 20 heavy (non-hydrogen) atoms. The summed E-state index contributed by atoms with van der Waals surface area (Å²) < 4.78 is 4.97. The highest BCUT2D eigenvalue weighted by molar-refractivity contribution is 5.82. The summed E-state index contributed by atoms with van der Waals surface area (Å²) in [5.41, 5.74) is 0.814. The van der Waals surface area contributed by atoms with Crippen LogP contribution in [0.15, 0.2) is 18.3 Å². The maximum Gasteiger partial charge on any atom is 0.326 e. The van der Waals surface area contributed by atoms with Gasteiger partial charge in [0.15, 0.2) is 0 Å². The Morgan fingerprint density at radius 3 is 2.85 bits per heavy atom. The number of rotatable bonds is 7. The average molecular weight is 281 g/mol. The van der Waals surface area contributed by atoms with Crippen molar-refractivity contribution in [2.45, 2.75) is 32.4 Å². The minimum atomic E-state index is -1.03. The number of amides is 2. The largest absolute Gasteiger partial charge is 0.481 e. The molecule has 1 heterocycles. The Morgan fingerprint density at radius 2 is 2.25 bits per heavy atom. The zero-order valence-electron chi connectivity index (χ0n) is 11.5. The summed E-state index contributed by atoms with van der Waals surface area (Å²) >= 11 is 0. The molecule has 0 unspecified atom stereocenters. The molecule has 7 heteroatoms. The van der Waals surface area contributed by atoms with E-state index in [0.29, 0.717) is 18.7 Å². The number of aromatic nitrogens is 1. The van der Waals surface area contributed by atoms with Crippen molar-refractivity contribution in [1.82, 2.24) is 15.6 Å². The van der Waals surface area contributed by atoms with E-state index in [9.17, 15) is 9.59 Å². The molecule has 0 saturated heterocycles. The van der Waals surface area contributed by atoms with E-state index in [0.717, 1.165) is 5.56 Å². The van der Waals surface area contributed by atoms with Gasteiger partial charge in [0.1, 0.15) is 6.04 Å². The molecule has 110 valence electrons. The van der Waals surface area contributed by atoms with Gasteiger partial charge in [0.25, 0.3) is 0 Å². The number of hydrogen-bond acceptors (Lipinski definition) is 4. The fraction of sp³-hybridized carbons (Fsp3) is 0.462. The minimum Gasteiger partial charge on any atom is -0.481 e. The van der Waals surface area contributed by atoms with Crippen LogP contribution in [0, 0.1) is 0 Å². The number of carbonyl (C=O) groups is 2. The first-order valence-electron chi connectivity index (χ1n) is 6.33. The van der Waals surface area contributed by atoms with Gasteiger partial charge in [0.05, 0.1) is 7.11 Å². The Bertz CT molecular complexity index is 465. The van der Waals surface area contributed by atoms with Crippen LogP contribution in [0.4, 0.5) is 4.79 Å². The highest BCUT2D eigenvalue weighted by atomic mass is 16.5. The predicted molar refractivity (Wildman–Crippen MR) is 72.5 cm³/mol. The number of carboxylic acids is 1. The summed E-state index contributed by atoms with van der Waals surface area (Å²) in [5, 5.41) is 14.0. The Morgan fingerprint density at radius 1 is 1.50 bits per heavy atom. The zero-order chi connectivity index (χ0) is 15.0. The Kier molecular flexibility index (Phi) is 6.28. The van der Waals surface area contributed by atoms with Crippen LogP contribution in [0.1, 0.15) is 25.3 Å². The highest BCUT2D eigenvalue weighted by Gasteiger charge is 2.18. The first-order chi connectivity index (χ1) is 9.56. The molecule has 0 aliphatic carbocycles. The van der Waals surface area contributed by atoms with Crippen molar-refractivity contribution in [3.63, 3.8) is 0 Å². The molecule has 1 rings (SSSR count). The molecule has 0 aliphatic heterocycles. The van der Waals surface area contributed by atoms with Crippen LogP contribution in [0.2, 0.25) is 0 Å². The van der Waals surface area contributed by atoms with Gasteiger partial charge in [0.2, 0.25) is 5.88 Å². The van der Waals surface area contributed by atoms with E-state index >= 15 is 0 Å². The van der Waals surface area contributed by atoms with E-state index in [1.165, 1.54) is 7.11 Å². The van der Waals surface area contributed by atoms with Crippen LogP contribution in [0.5, 0.6) is 5.88 Å². The van der Waals surface area contributed by atoms with Crippen molar-refractivity contribution in [3.05, 3.63) is 23.9 Å². The maximum absolute atomic E-state index is 11.6. The van der Waals surface area contributed by atoms with Gasteiger partial charge in [-0.2, -0.15) is 0 Å². The van der Waals surface area contributed by atoms with Crippen molar-refractivity contribution >= 4 is 12.0 Å². The second-order valence-electron chi connectivity index (χ2n) is 4.21. The van der Waals surface area contributed by atoms with Crippen molar-refractivity contribution in [3.8, 4) is 5.88 Å². The topological polar surface area (TPSA) is 101 Å². The van der Waals surface area contributed by atoms with Crippen molar-refractivity contribution in [2.24, 2.45) is 0 Å². The van der Waals surface area contributed by atoms with E-state index in [1.54, 1.807) is 18.3 Å². The zero-order valence-corrected chi connectivity index (χ0v) is 11.5. The number of pyridine rings is 1. The molecule has 2 amide bonds. The Hall–Kier alpha value is -2.31. The van der Waals surface area contributed by atoms with Crippen LogP contribution in [-0.4, -0.2) is 35.2 Å². The number of ether oxygens (including phenoxy) is 1. The van der Waals surface area contributed by atoms with Crippen molar-refractivity contribution in [1.29, 1.82) is 0 Å². The first kappa shape index (κ1) is 15.7. The molecule has 0 radical (unpaired) electrons. The third kappa shape index (κ3) is 5.13. The number of carbonyl (C=O) groups excluding carboxylic acids is 1. The monoisotopic (exact) mass is 281 g/mol. The summed E-state index contributed by atoms with van der Waals surface area (Å²) in [5.74, 6) is -0.577. The minimum absolute atomic E-state index is 0.267. The standard InChI is InChI=1S/C13H19N3O4/c1-3-4-10(12(17)18)16-13(19)15-8-9-5-6-14-11(7-9)20-2/h5-7,10H,3-4,8H2,1-2H3,(H,17,18)(H2,15,16,19)/t10-/m0/s1. The molecule has 0 aromatic carbocycles. The van der Waals surface area contributed by atoms with E-state index in [2.05, 4.69) is 15.6 Å². The number of carboxylic acid groups (broad SMARTS) is 1.